The number of Topliss-reactive ketones (excluding diaryl/α,β-unsaturated/α-hetero) is 1. The Kier molecular flexibility index (Phi) is 5.74. The summed E-state index contributed by atoms with van der Waals surface area (Å²) in [5.41, 5.74) is 0.680. The number of amides is 1. The molecule has 5 heteroatoms. The Bertz CT molecular complexity index is 429. The van der Waals surface area contributed by atoms with Crippen molar-refractivity contribution in [3.63, 3.8) is 0 Å². The average Bonchev–Trinajstić information content (AvgIpc) is 2.29. The van der Waals surface area contributed by atoms with E-state index in [1.165, 1.54) is 4.90 Å². The predicted octanol–water partition coefficient (Wildman–Crippen LogP) is 1.49. The quantitative estimate of drug-likeness (QED) is 0.590. The molecule has 0 saturated carbocycles. The first-order valence-electron chi connectivity index (χ1n) is 5.57. The summed E-state index contributed by atoms with van der Waals surface area (Å²) in [7, 11) is 5.18. The number of likely N-dealkylation sites (N-methyl/N-ethyl adjacent to an activating group) is 2. The molecule has 0 aliphatic rings. The smallest absolute Gasteiger partial charge is 0.236 e. The van der Waals surface area contributed by atoms with Crippen molar-refractivity contribution in [1.29, 1.82) is 0 Å². The van der Waals surface area contributed by atoms with Crippen LogP contribution in [0.2, 0.25) is 0 Å². The lowest BCUT2D eigenvalue weighted by atomic mass is 10.1. The molecule has 0 saturated heterocycles. The van der Waals surface area contributed by atoms with Gasteiger partial charge in [-0.1, -0.05) is 12.1 Å². The van der Waals surface area contributed by atoms with Gasteiger partial charge in [-0.15, -0.1) is 0 Å². The van der Waals surface area contributed by atoms with E-state index < -0.39 is 0 Å². The molecule has 0 spiro atoms. The van der Waals surface area contributed by atoms with Crippen molar-refractivity contribution in [1.82, 2.24) is 9.80 Å². The number of carbonyl (C=O) groups is 2. The summed E-state index contributed by atoms with van der Waals surface area (Å²) in [6.07, 6.45) is 0. The van der Waals surface area contributed by atoms with E-state index >= 15 is 0 Å². The van der Waals surface area contributed by atoms with Crippen LogP contribution in [0.5, 0.6) is 0 Å². The van der Waals surface area contributed by atoms with Gasteiger partial charge in [0.15, 0.2) is 5.78 Å². The van der Waals surface area contributed by atoms with Gasteiger partial charge in [-0.25, -0.2) is 0 Å². The largest absolute Gasteiger partial charge is 0.348 e. The van der Waals surface area contributed by atoms with Gasteiger partial charge in [0.1, 0.15) is 0 Å². The van der Waals surface area contributed by atoms with Crippen LogP contribution in [0.3, 0.4) is 0 Å². The molecule has 1 amide bonds. The Labute approximate surface area is 121 Å². The van der Waals surface area contributed by atoms with Gasteiger partial charge in [-0.2, -0.15) is 0 Å². The number of carbonyl (C=O) groups excluding carboxylic acids is 2. The molecule has 1 aromatic rings. The summed E-state index contributed by atoms with van der Waals surface area (Å²) in [6.45, 7) is 0.503. The minimum absolute atomic E-state index is 0.00656. The van der Waals surface area contributed by atoms with E-state index in [-0.39, 0.29) is 24.8 Å². The van der Waals surface area contributed by atoms with Crippen LogP contribution in [0.4, 0.5) is 0 Å². The molecule has 1 rings (SSSR count). The summed E-state index contributed by atoms with van der Waals surface area (Å²) < 4.78 is 1.10. The third kappa shape index (κ3) is 4.73. The molecule has 0 aromatic heterocycles. The van der Waals surface area contributed by atoms with Gasteiger partial charge >= 0.3 is 0 Å². The van der Waals surface area contributed by atoms with Crippen molar-refractivity contribution >= 4 is 34.3 Å². The average molecular weight is 360 g/mol. The third-order valence-corrected chi connectivity index (χ3v) is 3.20. The number of benzene rings is 1. The SMILES string of the molecule is CN(CC(=O)c1ccc(I)cc1)CC(=O)N(C)C. The fourth-order valence-corrected chi connectivity index (χ4v) is 1.76. The van der Waals surface area contributed by atoms with E-state index in [2.05, 4.69) is 22.6 Å². The third-order valence-electron chi connectivity index (χ3n) is 2.48. The van der Waals surface area contributed by atoms with Crippen molar-refractivity contribution in [3.8, 4) is 0 Å². The van der Waals surface area contributed by atoms with Gasteiger partial charge in [0.2, 0.25) is 5.91 Å². The molecule has 0 bridgehead atoms. The number of hydrogen-bond acceptors (Lipinski definition) is 3. The molecular formula is C13H17IN2O2. The lowest BCUT2D eigenvalue weighted by Crippen LogP contribution is -2.36. The fraction of sp³-hybridized carbons (Fsp3) is 0.385. The van der Waals surface area contributed by atoms with Crippen molar-refractivity contribution in [2.24, 2.45) is 0 Å². The van der Waals surface area contributed by atoms with Crippen LogP contribution in [0.1, 0.15) is 10.4 Å². The highest BCUT2D eigenvalue weighted by Crippen LogP contribution is 2.07. The van der Waals surface area contributed by atoms with E-state index in [1.807, 2.05) is 24.3 Å². The number of halogens is 1. The van der Waals surface area contributed by atoms with Gasteiger partial charge in [0.25, 0.3) is 0 Å². The second kappa shape index (κ2) is 6.84. The second-order valence-corrected chi connectivity index (χ2v) is 5.64. The van der Waals surface area contributed by atoms with Crippen LogP contribution in [0, 0.1) is 3.57 Å². The zero-order chi connectivity index (χ0) is 13.7. The molecule has 0 aliphatic carbocycles. The standard InChI is InChI=1S/C13H17IN2O2/c1-15(2)13(18)9-16(3)8-12(17)10-4-6-11(14)7-5-10/h4-7H,8-9H2,1-3H3. The predicted molar refractivity (Wildman–Crippen MR) is 79.7 cm³/mol. The van der Waals surface area contributed by atoms with Gasteiger partial charge in [-0.3, -0.25) is 14.5 Å². The molecule has 18 heavy (non-hydrogen) atoms. The fourth-order valence-electron chi connectivity index (χ4n) is 1.40. The lowest BCUT2D eigenvalue weighted by molar-refractivity contribution is -0.129. The Hall–Kier alpha value is -0.950. The first-order valence-corrected chi connectivity index (χ1v) is 6.65. The first kappa shape index (κ1) is 15.1. The van der Waals surface area contributed by atoms with E-state index in [0.29, 0.717) is 5.56 Å². The van der Waals surface area contributed by atoms with E-state index in [4.69, 9.17) is 0 Å². The van der Waals surface area contributed by atoms with Gasteiger partial charge in [0.05, 0.1) is 13.1 Å². The summed E-state index contributed by atoms with van der Waals surface area (Å²) in [6, 6.07) is 7.43. The summed E-state index contributed by atoms with van der Waals surface area (Å²) in [5.74, 6) is 0.0216. The molecular weight excluding hydrogens is 343 g/mol. The second-order valence-electron chi connectivity index (χ2n) is 4.39. The zero-order valence-electron chi connectivity index (χ0n) is 10.8. The Morgan fingerprint density at radius 2 is 1.61 bits per heavy atom. The Balaban J connectivity index is 2.54. The minimum atomic E-state index is -0.00656. The summed E-state index contributed by atoms with van der Waals surface area (Å²) >= 11 is 2.20. The molecule has 1 aromatic carbocycles. The molecule has 0 fully saturated rings. The highest BCUT2D eigenvalue weighted by atomic mass is 127. The molecule has 0 aliphatic heterocycles. The van der Waals surface area contributed by atoms with Gasteiger partial charge < -0.3 is 4.90 Å². The van der Waals surface area contributed by atoms with Crippen LogP contribution in [-0.4, -0.2) is 55.7 Å². The van der Waals surface area contributed by atoms with Gasteiger partial charge in [-0.05, 0) is 41.8 Å². The van der Waals surface area contributed by atoms with Crippen LogP contribution >= 0.6 is 22.6 Å². The maximum absolute atomic E-state index is 11.9. The topological polar surface area (TPSA) is 40.6 Å². The Morgan fingerprint density at radius 1 is 1.06 bits per heavy atom. The van der Waals surface area contributed by atoms with E-state index in [1.54, 1.807) is 26.0 Å². The molecule has 98 valence electrons. The van der Waals surface area contributed by atoms with E-state index in [0.717, 1.165) is 3.57 Å². The maximum atomic E-state index is 11.9. The number of nitrogens with zero attached hydrogens (tertiary/aromatic N) is 2. The summed E-state index contributed by atoms with van der Waals surface area (Å²) in [4.78, 5) is 26.7. The molecule has 0 unspecified atom stereocenters. The molecule has 0 N–H and O–H groups in total. The number of rotatable bonds is 5. The monoisotopic (exact) mass is 360 g/mol. The van der Waals surface area contributed by atoms with Crippen LogP contribution in [0.15, 0.2) is 24.3 Å². The maximum Gasteiger partial charge on any atom is 0.236 e. The zero-order valence-corrected chi connectivity index (χ0v) is 13.0. The van der Waals surface area contributed by atoms with Crippen LogP contribution in [0.25, 0.3) is 0 Å². The number of ketones is 1. The highest BCUT2D eigenvalue weighted by Gasteiger charge is 2.13. The molecule has 0 heterocycles. The van der Waals surface area contributed by atoms with Crippen molar-refractivity contribution in [2.75, 3.05) is 34.2 Å². The molecule has 0 radical (unpaired) electrons. The first-order chi connectivity index (χ1) is 8.40. The molecule has 4 nitrogen and oxygen atoms in total. The van der Waals surface area contributed by atoms with Crippen LogP contribution in [-0.2, 0) is 4.79 Å². The van der Waals surface area contributed by atoms with Crippen molar-refractivity contribution in [2.45, 2.75) is 0 Å². The van der Waals surface area contributed by atoms with E-state index in [9.17, 15) is 9.59 Å². The highest BCUT2D eigenvalue weighted by molar-refractivity contribution is 14.1. The Morgan fingerprint density at radius 3 is 2.11 bits per heavy atom. The normalized spacial score (nSPS) is 10.5. The molecule has 0 atom stereocenters. The number of hydrogen-bond donors (Lipinski definition) is 0. The van der Waals surface area contributed by atoms with Crippen molar-refractivity contribution < 1.29 is 9.59 Å². The van der Waals surface area contributed by atoms with Crippen LogP contribution < -0.4 is 0 Å². The minimum Gasteiger partial charge on any atom is -0.348 e. The lowest BCUT2D eigenvalue weighted by Gasteiger charge is -2.18. The van der Waals surface area contributed by atoms with Gasteiger partial charge in [0, 0.05) is 23.2 Å². The van der Waals surface area contributed by atoms with Crippen molar-refractivity contribution in [3.05, 3.63) is 33.4 Å². The summed E-state index contributed by atoms with van der Waals surface area (Å²) in [5, 5.41) is 0.